The average Bonchev–Trinajstić information content (AvgIpc) is 3.53. The number of para-hydroxylation sites is 1. The van der Waals surface area contributed by atoms with E-state index in [-0.39, 0.29) is 17.0 Å². The third-order valence-electron chi connectivity index (χ3n) is 7.11. The molecule has 3 aromatic heterocycles. The molecule has 6 rings (SSSR count). The minimum Gasteiger partial charge on any atom is -0.497 e. The Morgan fingerprint density at radius 2 is 1.71 bits per heavy atom. The molecule has 210 valence electrons. The van der Waals surface area contributed by atoms with Crippen molar-refractivity contribution in [2.24, 2.45) is 7.05 Å². The maximum atomic E-state index is 15.3. The first-order valence-corrected chi connectivity index (χ1v) is 13.1. The van der Waals surface area contributed by atoms with Crippen LogP contribution in [0.3, 0.4) is 0 Å². The van der Waals surface area contributed by atoms with Crippen LogP contribution >= 0.6 is 0 Å². The minimum atomic E-state index is -0.688. The second-order valence-corrected chi connectivity index (χ2v) is 9.58. The highest BCUT2D eigenvalue weighted by molar-refractivity contribution is 6.05. The van der Waals surface area contributed by atoms with Crippen LogP contribution in [0.15, 0.2) is 102 Å². The number of rotatable bonds is 7. The van der Waals surface area contributed by atoms with Gasteiger partial charge in [0.2, 0.25) is 0 Å². The van der Waals surface area contributed by atoms with Gasteiger partial charge in [-0.2, -0.15) is 5.10 Å². The fourth-order valence-electron chi connectivity index (χ4n) is 4.90. The number of carbonyl (C=O) groups excluding carboxylic acids is 1. The van der Waals surface area contributed by atoms with Gasteiger partial charge in [-0.3, -0.25) is 14.3 Å². The highest BCUT2D eigenvalue weighted by atomic mass is 19.1. The first-order valence-electron chi connectivity index (χ1n) is 13.1. The Balaban J connectivity index is 1.27. The fourth-order valence-corrected chi connectivity index (χ4v) is 4.90. The predicted molar refractivity (Wildman–Crippen MR) is 157 cm³/mol. The van der Waals surface area contributed by atoms with Crippen molar-refractivity contribution in [1.29, 1.82) is 0 Å². The van der Waals surface area contributed by atoms with Crippen LogP contribution in [0.2, 0.25) is 0 Å². The average molecular weight is 564 g/mol. The van der Waals surface area contributed by atoms with Gasteiger partial charge in [-0.05, 0) is 55.0 Å². The number of benzene rings is 3. The lowest BCUT2D eigenvalue weighted by Gasteiger charge is -2.12. The Morgan fingerprint density at radius 1 is 0.952 bits per heavy atom. The molecule has 0 bridgehead atoms. The summed E-state index contributed by atoms with van der Waals surface area (Å²) in [6.07, 6.45) is 3.37. The molecule has 0 spiro atoms. The lowest BCUT2D eigenvalue weighted by Crippen LogP contribution is -2.25. The molecule has 3 heterocycles. The molecule has 0 atom stereocenters. The smallest absolute Gasteiger partial charge is 0.284 e. The second-order valence-electron chi connectivity index (χ2n) is 9.58. The van der Waals surface area contributed by atoms with Crippen LogP contribution in [0.1, 0.15) is 16.1 Å². The molecule has 0 unspecified atom stereocenters. The number of hydrogen-bond acceptors (Lipinski definition) is 5. The van der Waals surface area contributed by atoms with Gasteiger partial charge < -0.3 is 14.8 Å². The van der Waals surface area contributed by atoms with Gasteiger partial charge in [0.05, 0.1) is 24.7 Å². The summed E-state index contributed by atoms with van der Waals surface area (Å²) in [5.74, 6) is -0.227. The van der Waals surface area contributed by atoms with Gasteiger partial charge in [0.25, 0.3) is 11.5 Å². The second kappa shape index (κ2) is 10.7. The van der Waals surface area contributed by atoms with Crippen LogP contribution in [0.25, 0.3) is 22.3 Å². The summed E-state index contributed by atoms with van der Waals surface area (Å²) in [5.41, 5.74) is 3.21. The van der Waals surface area contributed by atoms with E-state index in [1.54, 1.807) is 60.9 Å². The molecule has 6 aromatic rings. The molecule has 0 aliphatic heterocycles. The predicted octanol–water partition coefficient (Wildman–Crippen LogP) is 5.99. The van der Waals surface area contributed by atoms with E-state index < -0.39 is 17.3 Å². The van der Waals surface area contributed by atoms with Gasteiger partial charge in [0.1, 0.15) is 16.8 Å². The molecular formula is C32H26FN5O4. The zero-order chi connectivity index (χ0) is 29.4. The molecule has 9 nitrogen and oxygen atoms in total. The summed E-state index contributed by atoms with van der Waals surface area (Å²) >= 11 is 0. The van der Waals surface area contributed by atoms with Gasteiger partial charge in [0.15, 0.2) is 17.3 Å². The molecular weight excluding hydrogens is 537 g/mol. The van der Waals surface area contributed by atoms with Crippen molar-refractivity contribution in [3.8, 4) is 34.1 Å². The maximum Gasteiger partial charge on any atom is 0.284 e. The molecule has 1 N–H and O–H groups in total. The van der Waals surface area contributed by atoms with E-state index in [1.165, 1.54) is 16.8 Å². The first-order chi connectivity index (χ1) is 20.4. The number of amides is 1. The number of halogens is 1. The highest BCUT2D eigenvalue weighted by Crippen LogP contribution is 2.36. The van der Waals surface area contributed by atoms with E-state index >= 15 is 4.39 Å². The topological polar surface area (TPSA) is 91.8 Å². The van der Waals surface area contributed by atoms with Crippen molar-refractivity contribution < 1.29 is 18.7 Å². The number of nitrogens with zero attached hydrogens (tertiary/aromatic N) is 4. The molecule has 0 fully saturated rings. The third-order valence-corrected chi connectivity index (χ3v) is 7.11. The number of hydrogen-bond donors (Lipinski definition) is 1. The zero-order valence-electron chi connectivity index (χ0n) is 23.0. The van der Waals surface area contributed by atoms with Gasteiger partial charge in [-0.15, -0.1) is 0 Å². The summed E-state index contributed by atoms with van der Waals surface area (Å²) in [7, 11) is 3.31. The van der Waals surface area contributed by atoms with Crippen molar-refractivity contribution >= 4 is 17.1 Å². The molecule has 0 saturated heterocycles. The lowest BCUT2D eigenvalue weighted by atomic mass is 10.1. The van der Waals surface area contributed by atoms with E-state index in [4.69, 9.17) is 9.47 Å². The number of nitrogens with one attached hydrogen (secondary N) is 1. The van der Waals surface area contributed by atoms with Crippen molar-refractivity contribution in [3.05, 3.63) is 125 Å². The third kappa shape index (κ3) is 4.68. The van der Waals surface area contributed by atoms with E-state index in [0.29, 0.717) is 22.6 Å². The standard InChI is InChI=1S/C32H26FN5O4/c1-20-29(32(40)38(36(20)2)23-7-5-4-6-8-23)31(39)35-22-11-14-27(26(33)19-22)42-28-15-17-34-37-18-16-25(30(28)37)21-9-12-24(41-3)13-10-21/h4-19H,1-3H3,(H,35,39). The number of anilines is 1. The summed E-state index contributed by atoms with van der Waals surface area (Å²) < 4.78 is 31.2. The van der Waals surface area contributed by atoms with Crippen molar-refractivity contribution in [1.82, 2.24) is 19.0 Å². The van der Waals surface area contributed by atoms with Crippen LogP contribution < -0.4 is 20.3 Å². The van der Waals surface area contributed by atoms with Crippen LogP contribution in [-0.2, 0) is 7.05 Å². The summed E-state index contributed by atoms with van der Waals surface area (Å²) in [6.45, 7) is 1.69. The summed E-state index contributed by atoms with van der Waals surface area (Å²) in [6, 6.07) is 24.2. The van der Waals surface area contributed by atoms with Gasteiger partial charge >= 0.3 is 0 Å². The number of aromatic nitrogens is 4. The largest absolute Gasteiger partial charge is 0.497 e. The van der Waals surface area contributed by atoms with E-state index in [1.807, 2.05) is 48.5 Å². The summed E-state index contributed by atoms with van der Waals surface area (Å²) in [4.78, 5) is 26.3. The fraction of sp³-hybridized carbons (Fsp3) is 0.0938. The molecule has 0 saturated carbocycles. The first kappa shape index (κ1) is 26.6. The molecule has 3 aromatic carbocycles. The van der Waals surface area contributed by atoms with Crippen LogP contribution in [0.5, 0.6) is 17.2 Å². The number of methoxy groups -OCH3 is 1. The van der Waals surface area contributed by atoms with Crippen LogP contribution in [0, 0.1) is 12.7 Å². The number of carbonyl (C=O) groups is 1. The lowest BCUT2D eigenvalue weighted by molar-refractivity contribution is 0.102. The highest BCUT2D eigenvalue weighted by Gasteiger charge is 2.23. The van der Waals surface area contributed by atoms with Crippen molar-refractivity contribution in [2.45, 2.75) is 6.92 Å². The van der Waals surface area contributed by atoms with Gasteiger partial charge in [-0.1, -0.05) is 30.3 Å². The quantitative estimate of drug-likeness (QED) is 0.258. The van der Waals surface area contributed by atoms with Gasteiger partial charge in [-0.25, -0.2) is 13.6 Å². The number of fused-ring (bicyclic) bond motifs is 1. The molecule has 1 amide bonds. The molecule has 0 aliphatic rings. The molecule has 42 heavy (non-hydrogen) atoms. The van der Waals surface area contributed by atoms with Crippen LogP contribution in [-0.4, -0.2) is 32.0 Å². The minimum absolute atomic E-state index is 0.0273. The Kier molecular flexibility index (Phi) is 6.79. The Hall–Kier alpha value is -5.64. The zero-order valence-corrected chi connectivity index (χ0v) is 23.0. The number of ether oxygens (including phenoxy) is 2. The van der Waals surface area contributed by atoms with E-state index in [2.05, 4.69) is 10.4 Å². The molecule has 10 heteroatoms. The van der Waals surface area contributed by atoms with E-state index in [9.17, 15) is 9.59 Å². The Bertz CT molecular complexity index is 1990. The van der Waals surface area contributed by atoms with Crippen molar-refractivity contribution in [3.63, 3.8) is 0 Å². The van der Waals surface area contributed by atoms with Crippen LogP contribution in [0.4, 0.5) is 10.1 Å². The molecule has 0 aliphatic carbocycles. The van der Waals surface area contributed by atoms with E-state index in [0.717, 1.165) is 22.9 Å². The maximum absolute atomic E-state index is 15.3. The SMILES string of the molecule is COc1ccc(-c2ccn3nccc(Oc4ccc(NC(=O)c5c(C)n(C)n(-c6ccccc6)c5=O)cc4F)c23)cc1. The normalized spacial score (nSPS) is 11.0. The summed E-state index contributed by atoms with van der Waals surface area (Å²) in [5, 5.41) is 6.99. The molecule has 0 radical (unpaired) electrons. The monoisotopic (exact) mass is 563 g/mol. The van der Waals surface area contributed by atoms with Crippen molar-refractivity contribution in [2.75, 3.05) is 12.4 Å². The van der Waals surface area contributed by atoms with Gasteiger partial charge in [0, 0.05) is 36.6 Å². The Labute approximate surface area is 240 Å². The Morgan fingerprint density at radius 3 is 2.43 bits per heavy atom.